The van der Waals surface area contributed by atoms with Gasteiger partial charge in [-0.3, -0.25) is 0 Å². The normalized spacial score (nSPS) is 13.5. The number of hydrogen-bond donors (Lipinski definition) is 2. The monoisotopic (exact) mass is 371 g/mol. The van der Waals surface area contributed by atoms with Crippen LogP contribution in [0.2, 0.25) is 0 Å². The Bertz CT molecular complexity index is 584. The molecule has 1 amide bonds. The molecule has 1 aromatic carbocycles. The number of aliphatic hydroxyl groups is 1. The lowest BCUT2D eigenvalue weighted by Gasteiger charge is -2.22. The SMILES string of the molecule is COC(=O)[C@H](Cc1ccc(OC[C@H](O)CF)cc1)NC(=O)OC(C)(C)C. The Balaban J connectivity index is 2.70. The maximum Gasteiger partial charge on any atom is 0.408 e. The molecule has 0 saturated carbocycles. The van der Waals surface area contributed by atoms with Crippen LogP contribution in [0.5, 0.6) is 5.75 Å². The fourth-order valence-electron chi connectivity index (χ4n) is 1.98. The first-order valence-electron chi connectivity index (χ1n) is 8.17. The second-order valence-electron chi connectivity index (χ2n) is 6.69. The zero-order chi connectivity index (χ0) is 19.7. The summed E-state index contributed by atoms with van der Waals surface area (Å²) in [6.07, 6.45) is -1.69. The number of methoxy groups -OCH3 is 1. The van der Waals surface area contributed by atoms with Crippen LogP contribution in [0.15, 0.2) is 24.3 Å². The first kappa shape index (κ1) is 21.7. The van der Waals surface area contributed by atoms with Crippen molar-refractivity contribution in [2.24, 2.45) is 0 Å². The maximum atomic E-state index is 12.2. The van der Waals surface area contributed by atoms with Crippen LogP contribution in [0, 0.1) is 0 Å². The first-order valence-corrected chi connectivity index (χ1v) is 8.17. The highest BCUT2D eigenvalue weighted by molar-refractivity contribution is 5.81. The highest BCUT2D eigenvalue weighted by Gasteiger charge is 2.25. The zero-order valence-electron chi connectivity index (χ0n) is 15.5. The van der Waals surface area contributed by atoms with Gasteiger partial charge in [0.25, 0.3) is 0 Å². The second kappa shape index (κ2) is 9.96. The van der Waals surface area contributed by atoms with Crippen molar-refractivity contribution in [3.63, 3.8) is 0 Å². The number of halogens is 1. The van der Waals surface area contributed by atoms with Gasteiger partial charge in [0, 0.05) is 6.42 Å². The quantitative estimate of drug-likeness (QED) is 0.679. The summed E-state index contributed by atoms with van der Waals surface area (Å²) < 4.78 is 27.3. The van der Waals surface area contributed by atoms with Crippen molar-refractivity contribution < 1.29 is 33.3 Å². The van der Waals surface area contributed by atoms with Crippen molar-refractivity contribution in [3.8, 4) is 5.75 Å². The third-order valence-electron chi connectivity index (χ3n) is 3.16. The Morgan fingerprint density at radius 2 is 1.85 bits per heavy atom. The van der Waals surface area contributed by atoms with Crippen molar-refractivity contribution in [2.75, 3.05) is 20.4 Å². The molecular weight excluding hydrogens is 345 g/mol. The summed E-state index contributed by atoms with van der Waals surface area (Å²) in [7, 11) is 1.24. The highest BCUT2D eigenvalue weighted by atomic mass is 19.1. The molecule has 146 valence electrons. The van der Waals surface area contributed by atoms with E-state index < -0.39 is 36.5 Å². The number of hydrogen-bond acceptors (Lipinski definition) is 6. The molecule has 2 N–H and O–H groups in total. The lowest BCUT2D eigenvalue weighted by molar-refractivity contribution is -0.143. The Morgan fingerprint density at radius 3 is 2.35 bits per heavy atom. The van der Waals surface area contributed by atoms with E-state index in [0.29, 0.717) is 5.75 Å². The van der Waals surface area contributed by atoms with Gasteiger partial charge in [0.15, 0.2) is 0 Å². The Labute approximate surface area is 152 Å². The molecule has 0 radical (unpaired) electrons. The number of alkyl carbamates (subject to hydrolysis) is 1. The predicted octanol–water partition coefficient (Wildman–Crippen LogP) is 2.00. The van der Waals surface area contributed by atoms with Crippen LogP contribution in [-0.4, -0.2) is 55.3 Å². The van der Waals surface area contributed by atoms with E-state index in [4.69, 9.17) is 19.3 Å². The molecule has 0 aliphatic heterocycles. The molecule has 2 atom stereocenters. The van der Waals surface area contributed by atoms with Crippen LogP contribution < -0.4 is 10.1 Å². The van der Waals surface area contributed by atoms with Gasteiger partial charge < -0.3 is 24.6 Å². The van der Waals surface area contributed by atoms with Gasteiger partial charge in [-0.1, -0.05) is 12.1 Å². The number of ether oxygens (including phenoxy) is 3. The number of esters is 1. The Kier molecular flexibility index (Phi) is 8.31. The number of carbonyl (C=O) groups is 2. The summed E-state index contributed by atoms with van der Waals surface area (Å²) in [5.41, 5.74) is 0.0586. The molecule has 26 heavy (non-hydrogen) atoms. The molecule has 0 fully saturated rings. The zero-order valence-corrected chi connectivity index (χ0v) is 15.5. The van der Waals surface area contributed by atoms with Crippen LogP contribution in [0.4, 0.5) is 9.18 Å². The van der Waals surface area contributed by atoms with E-state index in [-0.39, 0.29) is 13.0 Å². The summed E-state index contributed by atoms with van der Waals surface area (Å²) in [5.74, 6) is -0.141. The van der Waals surface area contributed by atoms with Gasteiger partial charge in [-0.25, -0.2) is 14.0 Å². The second-order valence-corrected chi connectivity index (χ2v) is 6.69. The van der Waals surface area contributed by atoms with E-state index >= 15 is 0 Å². The minimum absolute atomic E-state index is 0.152. The van der Waals surface area contributed by atoms with Gasteiger partial charge in [-0.15, -0.1) is 0 Å². The van der Waals surface area contributed by atoms with Gasteiger partial charge in [0.2, 0.25) is 0 Å². The molecule has 0 unspecified atom stereocenters. The van der Waals surface area contributed by atoms with Crippen molar-refractivity contribution in [3.05, 3.63) is 29.8 Å². The molecule has 0 spiro atoms. The van der Waals surface area contributed by atoms with Crippen molar-refractivity contribution >= 4 is 12.1 Å². The van der Waals surface area contributed by atoms with E-state index in [1.807, 2.05) is 0 Å². The first-order chi connectivity index (χ1) is 12.1. The third kappa shape index (κ3) is 8.15. The lowest BCUT2D eigenvalue weighted by Crippen LogP contribution is -2.45. The summed E-state index contributed by atoms with van der Waals surface area (Å²) in [5, 5.41) is 11.6. The summed E-state index contributed by atoms with van der Waals surface area (Å²) in [6.45, 7) is 4.13. The summed E-state index contributed by atoms with van der Waals surface area (Å²) >= 11 is 0. The average Bonchev–Trinajstić information content (AvgIpc) is 2.57. The molecule has 0 aliphatic rings. The van der Waals surface area contributed by atoms with Crippen molar-refractivity contribution in [1.29, 1.82) is 0 Å². The average molecular weight is 371 g/mol. The topological polar surface area (TPSA) is 94.1 Å². The number of amides is 1. The number of nitrogens with one attached hydrogen (secondary N) is 1. The summed E-state index contributed by atoms with van der Waals surface area (Å²) in [6, 6.07) is 5.74. The van der Waals surface area contributed by atoms with Crippen LogP contribution in [0.1, 0.15) is 26.3 Å². The molecule has 1 aromatic rings. The number of alkyl halides is 1. The van der Waals surface area contributed by atoms with Gasteiger partial charge in [0.1, 0.15) is 36.8 Å². The van der Waals surface area contributed by atoms with E-state index in [2.05, 4.69) is 5.32 Å². The van der Waals surface area contributed by atoms with Crippen molar-refractivity contribution in [1.82, 2.24) is 5.32 Å². The van der Waals surface area contributed by atoms with Crippen LogP contribution in [0.25, 0.3) is 0 Å². The van der Waals surface area contributed by atoms with Crippen LogP contribution in [-0.2, 0) is 20.7 Å². The van der Waals surface area contributed by atoms with Gasteiger partial charge in [0.05, 0.1) is 7.11 Å². The number of rotatable bonds is 8. The number of benzene rings is 1. The van der Waals surface area contributed by atoms with Crippen LogP contribution in [0.3, 0.4) is 0 Å². The standard InChI is InChI=1S/C18H26FNO6/c1-18(2,3)26-17(23)20-15(16(22)24-4)9-12-5-7-14(8-6-12)25-11-13(21)10-19/h5-8,13,15,21H,9-11H2,1-4H3,(H,20,23)/t13-,15+/m1/s1. The molecule has 0 bridgehead atoms. The van der Waals surface area contributed by atoms with Crippen LogP contribution >= 0.6 is 0 Å². The molecule has 0 heterocycles. The lowest BCUT2D eigenvalue weighted by atomic mass is 10.1. The number of aliphatic hydroxyl groups excluding tert-OH is 1. The third-order valence-corrected chi connectivity index (χ3v) is 3.16. The fourth-order valence-corrected chi connectivity index (χ4v) is 1.98. The molecule has 7 nitrogen and oxygen atoms in total. The minimum Gasteiger partial charge on any atom is -0.491 e. The smallest absolute Gasteiger partial charge is 0.408 e. The molecule has 0 saturated heterocycles. The molecule has 0 aromatic heterocycles. The van der Waals surface area contributed by atoms with Gasteiger partial charge >= 0.3 is 12.1 Å². The Hall–Kier alpha value is -2.35. The number of carbonyl (C=O) groups excluding carboxylic acids is 2. The maximum absolute atomic E-state index is 12.2. The molecule has 8 heteroatoms. The minimum atomic E-state index is -1.17. The molecular formula is C18H26FNO6. The van der Waals surface area contributed by atoms with E-state index in [1.165, 1.54) is 7.11 Å². The molecule has 1 rings (SSSR count). The van der Waals surface area contributed by atoms with E-state index in [1.54, 1.807) is 45.0 Å². The van der Waals surface area contributed by atoms with E-state index in [0.717, 1.165) is 5.56 Å². The van der Waals surface area contributed by atoms with E-state index in [9.17, 15) is 14.0 Å². The largest absolute Gasteiger partial charge is 0.491 e. The van der Waals surface area contributed by atoms with Gasteiger partial charge in [-0.05, 0) is 38.5 Å². The van der Waals surface area contributed by atoms with Crippen molar-refractivity contribution in [2.45, 2.75) is 44.9 Å². The van der Waals surface area contributed by atoms with Gasteiger partial charge in [-0.2, -0.15) is 0 Å². The fraction of sp³-hybridized carbons (Fsp3) is 0.556. The Morgan fingerprint density at radius 1 is 1.23 bits per heavy atom. The summed E-state index contributed by atoms with van der Waals surface area (Å²) in [4.78, 5) is 23.8. The molecule has 0 aliphatic carbocycles. The highest BCUT2D eigenvalue weighted by Crippen LogP contribution is 2.15. The predicted molar refractivity (Wildman–Crippen MR) is 92.8 cm³/mol.